The van der Waals surface area contributed by atoms with Crippen LogP contribution < -0.4 is 0 Å². The van der Waals surface area contributed by atoms with Gasteiger partial charge >= 0.3 is 5.97 Å². The van der Waals surface area contributed by atoms with Crippen LogP contribution in [0.1, 0.15) is 17.8 Å². The van der Waals surface area contributed by atoms with Crippen molar-refractivity contribution in [3.63, 3.8) is 0 Å². The molecule has 14 heavy (non-hydrogen) atoms. The van der Waals surface area contributed by atoms with Crippen LogP contribution >= 0.6 is 0 Å². The summed E-state index contributed by atoms with van der Waals surface area (Å²) in [6, 6.07) is 5.75. The maximum atomic E-state index is 10.8. The molecule has 0 aliphatic carbocycles. The average molecular weight is 191 g/mol. The van der Waals surface area contributed by atoms with Crippen molar-refractivity contribution in [3.05, 3.63) is 35.7 Å². The van der Waals surface area contributed by atoms with Gasteiger partial charge in [-0.15, -0.1) is 0 Å². The molecule has 0 aromatic carbocycles. The zero-order valence-corrected chi connectivity index (χ0v) is 8.36. The van der Waals surface area contributed by atoms with Crippen LogP contribution in [0.4, 0.5) is 0 Å². The number of esters is 1. The predicted molar refractivity (Wildman–Crippen MR) is 54.6 cm³/mol. The number of nitrogens with zero attached hydrogens (tertiary/aromatic N) is 1. The highest BCUT2D eigenvalue weighted by atomic mass is 16.5. The molecule has 0 saturated heterocycles. The molecule has 74 valence electrons. The number of ether oxygens (including phenoxy) is 1. The summed E-state index contributed by atoms with van der Waals surface area (Å²) < 4.78 is 4.50. The lowest BCUT2D eigenvalue weighted by Crippen LogP contribution is -1.96. The topological polar surface area (TPSA) is 39.2 Å². The zero-order valence-electron chi connectivity index (χ0n) is 8.36. The molecule has 1 aromatic heterocycles. The summed E-state index contributed by atoms with van der Waals surface area (Å²) in [6.45, 7) is 1.93. The average Bonchev–Trinajstić information content (AvgIpc) is 2.17. The van der Waals surface area contributed by atoms with Gasteiger partial charge in [0.05, 0.1) is 19.2 Å². The molecule has 0 bridgehead atoms. The third kappa shape index (κ3) is 3.39. The van der Waals surface area contributed by atoms with E-state index in [1.165, 1.54) is 7.11 Å². The van der Waals surface area contributed by atoms with Crippen molar-refractivity contribution >= 4 is 12.0 Å². The van der Waals surface area contributed by atoms with Crippen LogP contribution in [-0.2, 0) is 9.53 Å². The third-order valence-corrected chi connectivity index (χ3v) is 1.71. The fraction of sp³-hybridized carbons (Fsp3) is 0.273. The first kappa shape index (κ1) is 10.4. The van der Waals surface area contributed by atoms with E-state index in [4.69, 9.17) is 0 Å². The van der Waals surface area contributed by atoms with E-state index in [2.05, 4.69) is 9.72 Å². The van der Waals surface area contributed by atoms with Gasteiger partial charge in [-0.3, -0.25) is 9.78 Å². The van der Waals surface area contributed by atoms with Gasteiger partial charge in [0.25, 0.3) is 0 Å². The van der Waals surface area contributed by atoms with Crippen molar-refractivity contribution in [1.29, 1.82) is 0 Å². The largest absolute Gasteiger partial charge is 0.469 e. The molecule has 1 heterocycles. The van der Waals surface area contributed by atoms with Crippen molar-refractivity contribution in [2.45, 2.75) is 13.3 Å². The second-order valence-electron chi connectivity index (χ2n) is 2.89. The molecule has 0 radical (unpaired) electrons. The molecule has 1 rings (SSSR count). The zero-order chi connectivity index (χ0) is 10.4. The second-order valence-corrected chi connectivity index (χ2v) is 2.89. The summed E-state index contributed by atoms with van der Waals surface area (Å²) in [7, 11) is 1.38. The quantitative estimate of drug-likeness (QED) is 0.685. The van der Waals surface area contributed by atoms with Gasteiger partial charge in [-0.1, -0.05) is 12.1 Å². The molecule has 0 saturated carbocycles. The SMILES string of the molecule is COC(=O)CC=Cc1cccc(C)n1. The summed E-state index contributed by atoms with van der Waals surface area (Å²) in [5, 5.41) is 0. The number of aryl methyl sites for hydroxylation is 1. The van der Waals surface area contributed by atoms with Crippen molar-refractivity contribution in [2.75, 3.05) is 7.11 Å². The van der Waals surface area contributed by atoms with E-state index in [0.29, 0.717) is 0 Å². The number of pyridine rings is 1. The number of hydrogen-bond acceptors (Lipinski definition) is 3. The van der Waals surface area contributed by atoms with Gasteiger partial charge < -0.3 is 4.74 Å². The van der Waals surface area contributed by atoms with Crippen molar-refractivity contribution < 1.29 is 9.53 Å². The molecule has 3 nitrogen and oxygen atoms in total. The molecule has 0 spiro atoms. The lowest BCUT2D eigenvalue weighted by atomic mass is 10.3. The highest BCUT2D eigenvalue weighted by molar-refractivity contribution is 5.72. The fourth-order valence-electron chi connectivity index (χ4n) is 1.02. The second kappa shape index (κ2) is 5.17. The van der Waals surface area contributed by atoms with Crippen LogP contribution in [0.5, 0.6) is 0 Å². The summed E-state index contributed by atoms with van der Waals surface area (Å²) in [5.74, 6) is -0.242. The minimum atomic E-state index is -0.242. The number of rotatable bonds is 3. The van der Waals surface area contributed by atoms with Crippen molar-refractivity contribution in [3.8, 4) is 0 Å². The van der Waals surface area contributed by atoms with Gasteiger partial charge in [-0.2, -0.15) is 0 Å². The van der Waals surface area contributed by atoms with E-state index < -0.39 is 0 Å². The fourth-order valence-corrected chi connectivity index (χ4v) is 1.02. The molecule has 0 atom stereocenters. The summed E-state index contributed by atoms with van der Waals surface area (Å²) in [5.41, 5.74) is 1.82. The molecule has 0 amide bonds. The number of aromatic nitrogens is 1. The maximum absolute atomic E-state index is 10.8. The van der Waals surface area contributed by atoms with E-state index >= 15 is 0 Å². The van der Waals surface area contributed by atoms with Crippen LogP contribution in [0, 0.1) is 6.92 Å². The Bertz CT molecular complexity index is 345. The van der Waals surface area contributed by atoms with Gasteiger partial charge in [0.15, 0.2) is 0 Å². The van der Waals surface area contributed by atoms with Crippen LogP contribution in [0.15, 0.2) is 24.3 Å². The van der Waals surface area contributed by atoms with E-state index in [-0.39, 0.29) is 12.4 Å². The predicted octanol–water partition coefficient (Wildman–Crippen LogP) is 1.97. The lowest BCUT2D eigenvalue weighted by Gasteiger charge is -1.95. The molecule has 0 aliphatic heterocycles. The Kier molecular flexibility index (Phi) is 3.85. The summed E-state index contributed by atoms with van der Waals surface area (Å²) in [6.07, 6.45) is 3.84. The van der Waals surface area contributed by atoms with E-state index in [9.17, 15) is 4.79 Å². The minimum Gasteiger partial charge on any atom is -0.469 e. The number of carbonyl (C=O) groups is 1. The van der Waals surface area contributed by atoms with Crippen LogP contribution in [0.25, 0.3) is 6.08 Å². The normalized spacial score (nSPS) is 10.4. The lowest BCUT2D eigenvalue weighted by molar-refractivity contribution is -0.139. The third-order valence-electron chi connectivity index (χ3n) is 1.71. The van der Waals surface area contributed by atoms with Gasteiger partial charge in [0.2, 0.25) is 0 Å². The molecular formula is C11H13NO2. The van der Waals surface area contributed by atoms with E-state index in [1.54, 1.807) is 6.08 Å². The molecule has 0 fully saturated rings. The van der Waals surface area contributed by atoms with Crippen LogP contribution in [0.3, 0.4) is 0 Å². The minimum absolute atomic E-state index is 0.242. The maximum Gasteiger partial charge on any atom is 0.309 e. The Morgan fingerprint density at radius 3 is 3.00 bits per heavy atom. The number of methoxy groups -OCH3 is 1. The van der Waals surface area contributed by atoms with E-state index in [0.717, 1.165) is 11.4 Å². The Labute approximate surface area is 83.4 Å². The Morgan fingerprint density at radius 1 is 1.57 bits per heavy atom. The standard InChI is InChI=1S/C11H13NO2/c1-9-5-3-6-10(12-9)7-4-8-11(13)14-2/h3-7H,8H2,1-2H3. The summed E-state index contributed by atoms with van der Waals surface area (Å²) in [4.78, 5) is 15.0. The van der Waals surface area contributed by atoms with Crippen molar-refractivity contribution in [2.24, 2.45) is 0 Å². The number of hydrogen-bond donors (Lipinski definition) is 0. The smallest absolute Gasteiger partial charge is 0.309 e. The Morgan fingerprint density at radius 2 is 2.36 bits per heavy atom. The van der Waals surface area contributed by atoms with E-state index in [1.807, 2.05) is 31.2 Å². The van der Waals surface area contributed by atoms with Crippen molar-refractivity contribution in [1.82, 2.24) is 4.98 Å². The molecule has 0 aliphatic rings. The molecule has 1 aromatic rings. The Hall–Kier alpha value is -1.64. The molecule has 0 N–H and O–H groups in total. The molecular weight excluding hydrogens is 178 g/mol. The first-order valence-electron chi connectivity index (χ1n) is 4.39. The van der Waals surface area contributed by atoms with Crippen LogP contribution in [-0.4, -0.2) is 18.1 Å². The molecule has 3 heteroatoms. The number of carbonyl (C=O) groups excluding carboxylic acids is 1. The van der Waals surface area contributed by atoms with Gasteiger partial charge in [0, 0.05) is 5.69 Å². The van der Waals surface area contributed by atoms with Gasteiger partial charge in [-0.25, -0.2) is 0 Å². The summed E-state index contributed by atoms with van der Waals surface area (Å²) >= 11 is 0. The highest BCUT2D eigenvalue weighted by Gasteiger charge is 1.94. The first-order chi connectivity index (χ1) is 6.72. The Balaban J connectivity index is 2.56. The van der Waals surface area contributed by atoms with Crippen LogP contribution in [0.2, 0.25) is 0 Å². The van der Waals surface area contributed by atoms with Gasteiger partial charge in [0.1, 0.15) is 0 Å². The van der Waals surface area contributed by atoms with Gasteiger partial charge in [-0.05, 0) is 25.1 Å². The molecule has 0 unspecified atom stereocenters. The monoisotopic (exact) mass is 191 g/mol. The highest BCUT2D eigenvalue weighted by Crippen LogP contribution is 2.01. The first-order valence-corrected chi connectivity index (χ1v) is 4.39.